The van der Waals surface area contributed by atoms with Crippen molar-refractivity contribution in [3.63, 3.8) is 0 Å². The maximum Gasteiger partial charge on any atom is 0.246 e. The molecule has 5 unspecified atom stereocenters. The van der Waals surface area contributed by atoms with Crippen LogP contribution in [-0.2, 0) is 60.8 Å². The summed E-state index contributed by atoms with van der Waals surface area (Å²) in [5.41, 5.74) is 12.3. The van der Waals surface area contributed by atoms with Crippen LogP contribution in [0.4, 0.5) is 0 Å². The van der Waals surface area contributed by atoms with Crippen LogP contribution in [0.5, 0.6) is 0 Å². The van der Waals surface area contributed by atoms with Gasteiger partial charge in [0.05, 0.1) is 12.7 Å². The third-order valence-corrected chi connectivity index (χ3v) is 12.3. The average molecular weight is 945 g/mol. The fourth-order valence-corrected chi connectivity index (χ4v) is 8.89. The number of hydrogen-bond donors (Lipinski definition) is 8. The van der Waals surface area contributed by atoms with Gasteiger partial charge < -0.3 is 57.7 Å². The molecule has 0 spiro atoms. The molecule has 3 aliphatic heterocycles. The second-order valence-corrected chi connectivity index (χ2v) is 17.3. The Balaban J connectivity index is 1.32. The number of likely N-dealkylation sites (tertiary alicyclic amines) is 3. The quantitative estimate of drug-likeness (QED) is 0.0584. The molecule has 2 aromatic rings. The number of aromatic amines is 1. The lowest BCUT2D eigenvalue weighted by Gasteiger charge is -2.38. The zero-order valence-corrected chi connectivity index (χ0v) is 38.4. The number of primary amides is 2. The summed E-state index contributed by atoms with van der Waals surface area (Å²) < 4.78 is 0. The molecule has 3 fully saturated rings. The Labute approximate surface area is 394 Å². The van der Waals surface area contributed by atoms with E-state index in [2.05, 4.69) is 43.1 Å². The second kappa shape index (κ2) is 25.1. The van der Waals surface area contributed by atoms with Crippen molar-refractivity contribution in [2.24, 2.45) is 11.5 Å². The fourth-order valence-electron chi connectivity index (χ4n) is 8.89. The van der Waals surface area contributed by atoms with Gasteiger partial charge in [0.25, 0.3) is 0 Å². The van der Waals surface area contributed by atoms with Crippen LogP contribution in [0, 0.1) is 0 Å². The Morgan fingerprint density at radius 1 is 0.706 bits per heavy atom. The standard InChI is InChI=1S/C46H64N12O10/c1-3-19-50-41(63)34-15-10-21-57(34)44(66)30(17-18-37(47)59)53-40(62)31(24-29-26-49-27-51-29)54-42(64)36-16-11-22-58(36)46(68)33(25-38(48)60)55-43(65)35-14-8-9-20-56(35)45(67)32(52-39(61)4-2)23-28-12-6-5-7-13-28/h3,5-7,12-13,26-27,30-36H,1,4,8-11,14-25H2,2H3,(H2,47,59)(H2,48,60)(H,49,51)(H,50,63)(H,52,61)(H,53,62)(H,54,64)(H,55,65)/t30?,31-,32?,33-,34?,35?,36?/m0/s1. The zero-order valence-electron chi connectivity index (χ0n) is 38.4. The molecule has 368 valence electrons. The molecule has 7 atom stereocenters. The van der Waals surface area contributed by atoms with Gasteiger partial charge in [-0.15, -0.1) is 6.58 Å². The van der Waals surface area contributed by atoms with Gasteiger partial charge in [-0.1, -0.05) is 43.3 Å². The van der Waals surface area contributed by atoms with Gasteiger partial charge in [-0.3, -0.25) is 47.9 Å². The van der Waals surface area contributed by atoms with E-state index < -0.39 is 102 Å². The lowest BCUT2D eigenvalue weighted by Crippen LogP contribution is -2.61. The first kappa shape index (κ1) is 51.8. The van der Waals surface area contributed by atoms with E-state index in [4.69, 9.17) is 11.5 Å². The highest BCUT2D eigenvalue weighted by molar-refractivity contribution is 5.99. The molecule has 3 aliphatic rings. The summed E-state index contributed by atoms with van der Waals surface area (Å²) in [6.45, 7) is 5.90. The van der Waals surface area contributed by atoms with Crippen LogP contribution in [-0.4, -0.2) is 152 Å². The summed E-state index contributed by atoms with van der Waals surface area (Å²) in [7, 11) is 0. The molecular formula is C46H64N12O10. The van der Waals surface area contributed by atoms with Crippen LogP contribution in [0.3, 0.4) is 0 Å². The van der Waals surface area contributed by atoms with E-state index in [1.54, 1.807) is 6.92 Å². The number of H-pyrrole nitrogens is 1. The molecule has 0 radical (unpaired) electrons. The first-order chi connectivity index (χ1) is 32.6. The van der Waals surface area contributed by atoms with Crippen molar-refractivity contribution < 1.29 is 47.9 Å². The van der Waals surface area contributed by atoms with Gasteiger partial charge in [0.15, 0.2) is 0 Å². The van der Waals surface area contributed by atoms with Gasteiger partial charge in [0.1, 0.15) is 42.3 Å². The molecule has 68 heavy (non-hydrogen) atoms. The van der Waals surface area contributed by atoms with Gasteiger partial charge in [0, 0.05) is 63.8 Å². The summed E-state index contributed by atoms with van der Waals surface area (Å²) in [4.78, 5) is 146. The van der Waals surface area contributed by atoms with Crippen molar-refractivity contribution in [2.45, 2.75) is 133 Å². The molecule has 0 aliphatic carbocycles. The minimum atomic E-state index is -1.53. The van der Waals surface area contributed by atoms with Crippen LogP contribution < -0.4 is 38.1 Å². The van der Waals surface area contributed by atoms with E-state index in [-0.39, 0.29) is 77.0 Å². The summed E-state index contributed by atoms with van der Waals surface area (Å²) in [6, 6.07) is 0.864. The summed E-state index contributed by atoms with van der Waals surface area (Å²) in [5.74, 6) is -6.56. The average Bonchev–Trinajstić information content (AvgIpc) is 4.14. The molecule has 10 amide bonds. The van der Waals surface area contributed by atoms with E-state index in [0.717, 1.165) is 5.56 Å². The van der Waals surface area contributed by atoms with Crippen LogP contribution in [0.1, 0.15) is 88.8 Å². The lowest BCUT2D eigenvalue weighted by molar-refractivity contribution is -0.147. The minimum absolute atomic E-state index is 0.0485. The SMILES string of the molecule is C=CCNC(=O)C1CCCN1C(=O)C(CCC(N)=O)NC(=O)[C@H](Cc1cnc[nH]1)NC(=O)C1CCCN1C(=O)[C@H](CC(N)=O)NC(=O)C1CCCCN1C(=O)C(Cc1ccccc1)NC(=O)CC. The maximum atomic E-state index is 14.4. The molecule has 4 heterocycles. The Hall–Kier alpha value is -7.13. The van der Waals surface area contributed by atoms with Crippen LogP contribution in [0.15, 0.2) is 55.5 Å². The second-order valence-electron chi connectivity index (χ2n) is 17.3. The maximum absolute atomic E-state index is 14.4. The number of piperidine rings is 1. The first-order valence-corrected chi connectivity index (χ1v) is 23.2. The van der Waals surface area contributed by atoms with E-state index >= 15 is 0 Å². The number of nitrogens with one attached hydrogen (secondary N) is 6. The minimum Gasteiger partial charge on any atom is -0.370 e. The van der Waals surface area contributed by atoms with Gasteiger partial charge in [-0.2, -0.15) is 0 Å². The number of carbonyl (C=O) groups is 10. The Kier molecular flexibility index (Phi) is 19.2. The van der Waals surface area contributed by atoms with E-state index in [0.29, 0.717) is 37.8 Å². The number of aromatic nitrogens is 2. The highest BCUT2D eigenvalue weighted by Gasteiger charge is 2.43. The normalized spacial score (nSPS) is 19.7. The molecule has 22 heteroatoms. The molecular weight excluding hydrogens is 881 g/mol. The van der Waals surface area contributed by atoms with Crippen molar-refractivity contribution in [3.8, 4) is 0 Å². The number of hydrogen-bond acceptors (Lipinski definition) is 11. The highest BCUT2D eigenvalue weighted by Crippen LogP contribution is 2.24. The van der Waals surface area contributed by atoms with Crippen molar-refractivity contribution in [2.75, 3.05) is 26.2 Å². The van der Waals surface area contributed by atoms with Gasteiger partial charge in [-0.25, -0.2) is 4.98 Å². The van der Waals surface area contributed by atoms with Gasteiger partial charge in [0.2, 0.25) is 59.1 Å². The van der Waals surface area contributed by atoms with E-state index in [1.807, 2.05) is 30.3 Å². The highest BCUT2D eigenvalue weighted by atomic mass is 16.2. The first-order valence-electron chi connectivity index (χ1n) is 23.2. The largest absolute Gasteiger partial charge is 0.370 e. The number of carbonyl (C=O) groups excluding carboxylic acids is 10. The Morgan fingerprint density at radius 3 is 1.85 bits per heavy atom. The zero-order chi connectivity index (χ0) is 49.3. The summed E-state index contributed by atoms with van der Waals surface area (Å²) in [5, 5.41) is 13.5. The smallest absolute Gasteiger partial charge is 0.246 e. The number of nitrogens with two attached hydrogens (primary N) is 2. The molecule has 3 saturated heterocycles. The molecule has 1 aromatic carbocycles. The van der Waals surface area contributed by atoms with E-state index in [1.165, 1.54) is 33.3 Å². The third-order valence-electron chi connectivity index (χ3n) is 12.3. The van der Waals surface area contributed by atoms with E-state index in [9.17, 15) is 47.9 Å². The number of benzene rings is 1. The van der Waals surface area contributed by atoms with Crippen LogP contribution in [0.2, 0.25) is 0 Å². The molecule has 10 N–H and O–H groups in total. The molecule has 5 rings (SSSR count). The third kappa shape index (κ3) is 14.2. The Bertz CT molecular complexity index is 2150. The van der Waals surface area contributed by atoms with Gasteiger partial charge in [-0.05, 0) is 56.9 Å². The summed E-state index contributed by atoms with van der Waals surface area (Å²) >= 11 is 0. The molecule has 0 saturated carbocycles. The van der Waals surface area contributed by atoms with Crippen LogP contribution in [0.25, 0.3) is 0 Å². The Morgan fingerprint density at radius 2 is 1.28 bits per heavy atom. The number of nitrogens with zero attached hydrogens (tertiary/aromatic N) is 4. The summed E-state index contributed by atoms with van der Waals surface area (Å²) in [6.07, 6.45) is 6.15. The number of rotatable bonds is 23. The lowest BCUT2D eigenvalue weighted by atomic mass is 9.97. The van der Waals surface area contributed by atoms with Crippen molar-refractivity contribution in [1.82, 2.24) is 51.3 Å². The predicted molar refractivity (Wildman–Crippen MR) is 245 cm³/mol. The van der Waals surface area contributed by atoms with Crippen molar-refractivity contribution in [3.05, 3.63) is 66.8 Å². The molecule has 1 aromatic heterocycles. The fraction of sp³-hybridized carbons (Fsp3) is 0.543. The number of imidazole rings is 1. The van der Waals surface area contributed by atoms with Crippen LogP contribution >= 0.6 is 0 Å². The monoisotopic (exact) mass is 944 g/mol. The van der Waals surface area contributed by atoms with Gasteiger partial charge >= 0.3 is 0 Å². The molecule has 0 bridgehead atoms. The molecule has 22 nitrogen and oxygen atoms in total. The predicted octanol–water partition coefficient (Wildman–Crippen LogP) is -1.65. The topological polar surface area (TPSA) is 321 Å². The number of amides is 10. The van der Waals surface area contributed by atoms with Crippen molar-refractivity contribution in [1.29, 1.82) is 0 Å². The van der Waals surface area contributed by atoms with Crippen molar-refractivity contribution >= 4 is 59.1 Å².